The lowest BCUT2D eigenvalue weighted by atomic mass is 9.87. The maximum Gasteiger partial charge on any atom is 0.245 e. The van der Waals surface area contributed by atoms with Crippen molar-refractivity contribution >= 4 is 15.9 Å². The molecule has 0 aromatic heterocycles. The molecule has 1 spiro atoms. The van der Waals surface area contributed by atoms with Crippen LogP contribution in [0.25, 0.3) is 0 Å². The van der Waals surface area contributed by atoms with Gasteiger partial charge in [-0.05, 0) is 31.9 Å². The van der Waals surface area contributed by atoms with Gasteiger partial charge in [0.25, 0.3) is 0 Å². The molecule has 0 bridgehead atoms. The van der Waals surface area contributed by atoms with Crippen molar-refractivity contribution in [2.24, 2.45) is 5.92 Å². The number of nitrogens with zero attached hydrogens (tertiary/aromatic N) is 2. The van der Waals surface area contributed by atoms with Crippen molar-refractivity contribution < 1.29 is 17.9 Å². The van der Waals surface area contributed by atoms with Gasteiger partial charge in [0.05, 0.1) is 11.5 Å². The van der Waals surface area contributed by atoms with Gasteiger partial charge in [0.1, 0.15) is 5.72 Å². The predicted molar refractivity (Wildman–Crippen MR) is 106 cm³/mol. The lowest BCUT2D eigenvalue weighted by molar-refractivity contribution is -0.145. The van der Waals surface area contributed by atoms with Crippen LogP contribution in [0.3, 0.4) is 0 Å². The Kier molecular flexibility index (Phi) is 5.51. The number of amides is 1. The number of ether oxygens (including phenoxy) is 1. The van der Waals surface area contributed by atoms with Gasteiger partial charge in [0, 0.05) is 38.4 Å². The van der Waals surface area contributed by atoms with Crippen LogP contribution in [-0.2, 0) is 19.6 Å². The van der Waals surface area contributed by atoms with E-state index in [1.54, 1.807) is 12.1 Å². The van der Waals surface area contributed by atoms with Gasteiger partial charge < -0.3 is 9.64 Å². The molecule has 6 nitrogen and oxygen atoms in total. The third-order valence-corrected chi connectivity index (χ3v) is 8.50. The van der Waals surface area contributed by atoms with Gasteiger partial charge in [-0.15, -0.1) is 0 Å². The molecule has 0 N–H and O–H groups in total. The van der Waals surface area contributed by atoms with Crippen molar-refractivity contribution in [1.29, 1.82) is 0 Å². The lowest BCUT2D eigenvalue weighted by Crippen LogP contribution is -2.56. The van der Waals surface area contributed by atoms with Crippen LogP contribution in [0.2, 0.25) is 0 Å². The van der Waals surface area contributed by atoms with Gasteiger partial charge >= 0.3 is 0 Å². The second kappa shape index (κ2) is 7.76. The minimum Gasteiger partial charge on any atom is -0.358 e. The van der Waals surface area contributed by atoms with Crippen LogP contribution in [0.5, 0.6) is 0 Å². The molecule has 1 aromatic rings. The first-order valence-corrected chi connectivity index (χ1v) is 11.9. The summed E-state index contributed by atoms with van der Waals surface area (Å²) in [6, 6.07) is 6.97. The second-order valence-corrected chi connectivity index (χ2v) is 10.2. The molecule has 4 rings (SSSR count). The molecule has 2 aliphatic heterocycles. The standard InChI is InChI=1S/C21H30N2O4S/c1-17-7-9-19(10-8-17)28(25,26)23-15-16-27-21(23)11-13-22(14-12-21)20(24)18-5-3-2-4-6-18/h7-10,18H,2-6,11-16H2,1H3. The maximum atomic E-state index is 13.2. The summed E-state index contributed by atoms with van der Waals surface area (Å²) < 4.78 is 34.0. The Morgan fingerprint density at radius 2 is 1.68 bits per heavy atom. The van der Waals surface area contributed by atoms with Gasteiger partial charge in [-0.2, -0.15) is 4.31 Å². The summed E-state index contributed by atoms with van der Waals surface area (Å²) in [6.07, 6.45) is 6.56. The Morgan fingerprint density at radius 3 is 2.32 bits per heavy atom. The monoisotopic (exact) mass is 406 g/mol. The molecule has 28 heavy (non-hydrogen) atoms. The van der Waals surface area contributed by atoms with E-state index in [1.807, 2.05) is 24.0 Å². The highest BCUT2D eigenvalue weighted by Gasteiger charge is 2.51. The van der Waals surface area contributed by atoms with E-state index in [9.17, 15) is 13.2 Å². The summed E-state index contributed by atoms with van der Waals surface area (Å²) >= 11 is 0. The minimum absolute atomic E-state index is 0.152. The Morgan fingerprint density at radius 1 is 1.04 bits per heavy atom. The summed E-state index contributed by atoms with van der Waals surface area (Å²) in [5, 5.41) is 0. The maximum absolute atomic E-state index is 13.2. The van der Waals surface area contributed by atoms with E-state index in [2.05, 4.69) is 0 Å². The zero-order chi connectivity index (χ0) is 19.8. The van der Waals surface area contributed by atoms with Crippen LogP contribution in [0, 0.1) is 12.8 Å². The van der Waals surface area contributed by atoms with Crippen LogP contribution in [0.15, 0.2) is 29.2 Å². The Balaban J connectivity index is 1.48. The fourth-order valence-electron chi connectivity index (χ4n) is 4.85. The first-order valence-electron chi connectivity index (χ1n) is 10.4. The summed E-state index contributed by atoms with van der Waals surface area (Å²) in [4.78, 5) is 15.1. The highest BCUT2D eigenvalue weighted by Crippen LogP contribution is 2.39. The van der Waals surface area contributed by atoms with Crippen molar-refractivity contribution in [2.75, 3.05) is 26.2 Å². The molecular formula is C21H30N2O4S. The highest BCUT2D eigenvalue weighted by molar-refractivity contribution is 7.89. The average Bonchev–Trinajstić information content (AvgIpc) is 3.13. The largest absolute Gasteiger partial charge is 0.358 e. The first-order chi connectivity index (χ1) is 13.4. The number of hydrogen-bond donors (Lipinski definition) is 0. The fourth-order valence-corrected chi connectivity index (χ4v) is 6.57. The molecule has 0 atom stereocenters. The average molecular weight is 407 g/mol. The summed E-state index contributed by atoms with van der Waals surface area (Å²) in [6.45, 7) is 3.84. The van der Waals surface area contributed by atoms with E-state index >= 15 is 0 Å². The van der Waals surface area contributed by atoms with Crippen molar-refractivity contribution in [3.8, 4) is 0 Å². The molecule has 1 aliphatic carbocycles. The van der Waals surface area contributed by atoms with E-state index in [4.69, 9.17) is 4.74 Å². The van der Waals surface area contributed by atoms with Crippen molar-refractivity contribution in [1.82, 2.24) is 9.21 Å². The number of rotatable bonds is 3. The van der Waals surface area contributed by atoms with E-state index < -0.39 is 15.7 Å². The first kappa shape index (κ1) is 19.9. The smallest absolute Gasteiger partial charge is 0.245 e. The predicted octanol–water partition coefficient (Wildman–Crippen LogP) is 2.91. The fraction of sp³-hybridized carbons (Fsp3) is 0.667. The van der Waals surface area contributed by atoms with Crippen molar-refractivity contribution in [2.45, 2.75) is 62.5 Å². The quantitative estimate of drug-likeness (QED) is 0.774. The van der Waals surface area contributed by atoms with Crippen molar-refractivity contribution in [3.05, 3.63) is 29.8 Å². The topological polar surface area (TPSA) is 66.9 Å². The van der Waals surface area contributed by atoms with E-state index in [0.717, 1.165) is 31.2 Å². The molecule has 1 saturated carbocycles. The minimum atomic E-state index is -3.62. The number of sulfonamides is 1. The SMILES string of the molecule is Cc1ccc(S(=O)(=O)N2CCOC23CCN(C(=O)C2CCCCC2)CC3)cc1. The van der Waals surface area contributed by atoms with Gasteiger partial charge in [-0.25, -0.2) is 8.42 Å². The zero-order valence-corrected chi connectivity index (χ0v) is 17.4. The van der Waals surface area contributed by atoms with Crippen LogP contribution >= 0.6 is 0 Å². The third-order valence-electron chi connectivity index (χ3n) is 6.54. The number of benzene rings is 1. The molecule has 2 heterocycles. The molecular weight excluding hydrogens is 376 g/mol. The normalized spacial score (nSPS) is 24.0. The summed E-state index contributed by atoms with van der Waals surface area (Å²) in [7, 11) is -3.62. The van der Waals surface area contributed by atoms with Crippen LogP contribution in [0.1, 0.15) is 50.5 Å². The number of hydrogen-bond acceptors (Lipinski definition) is 4. The molecule has 0 radical (unpaired) electrons. The molecule has 7 heteroatoms. The molecule has 1 aromatic carbocycles. The molecule has 3 fully saturated rings. The molecule has 1 amide bonds. The lowest BCUT2D eigenvalue weighted by Gasteiger charge is -2.43. The Hall–Kier alpha value is -1.44. The van der Waals surface area contributed by atoms with Gasteiger partial charge in [-0.3, -0.25) is 4.79 Å². The molecule has 0 unspecified atom stereocenters. The van der Waals surface area contributed by atoms with Gasteiger partial charge in [0.2, 0.25) is 15.9 Å². The third kappa shape index (κ3) is 3.60. The Bertz CT molecular complexity index is 807. The summed E-state index contributed by atoms with van der Waals surface area (Å²) in [5.74, 6) is 0.403. The van der Waals surface area contributed by atoms with Crippen molar-refractivity contribution in [3.63, 3.8) is 0 Å². The number of carbonyl (C=O) groups is 1. The van der Waals surface area contributed by atoms with Gasteiger partial charge in [-0.1, -0.05) is 37.0 Å². The zero-order valence-electron chi connectivity index (χ0n) is 16.6. The van der Waals surface area contributed by atoms with Crippen LogP contribution in [0.4, 0.5) is 0 Å². The van der Waals surface area contributed by atoms with E-state index in [0.29, 0.717) is 44.0 Å². The van der Waals surface area contributed by atoms with E-state index in [-0.39, 0.29) is 11.8 Å². The second-order valence-electron chi connectivity index (χ2n) is 8.35. The van der Waals surface area contributed by atoms with Crippen LogP contribution < -0.4 is 0 Å². The molecule has 3 aliphatic rings. The number of likely N-dealkylation sites (tertiary alicyclic amines) is 1. The van der Waals surface area contributed by atoms with Crippen LogP contribution in [-0.4, -0.2) is 55.5 Å². The molecule has 2 saturated heterocycles. The number of aryl methyl sites for hydroxylation is 1. The Labute approximate surface area is 167 Å². The molecule has 154 valence electrons. The number of carbonyl (C=O) groups excluding carboxylic acids is 1. The van der Waals surface area contributed by atoms with Gasteiger partial charge in [0.15, 0.2) is 0 Å². The summed E-state index contributed by atoms with van der Waals surface area (Å²) in [5.41, 5.74) is 0.216. The number of piperidine rings is 1. The van der Waals surface area contributed by atoms with E-state index in [1.165, 1.54) is 10.7 Å². The highest BCUT2D eigenvalue weighted by atomic mass is 32.2.